The molecule has 0 amide bonds. The van der Waals surface area contributed by atoms with Crippen LogP contribution in [-0.4, -0.2) is 23.9 Å². The zero-order chi connectivity index (χ0) is 12.3. The molecule has 0 saturated heterocycles. The maximum absolute atomic E-state index is 10.5. The molecule has 0 bridgehead atoms. The van der Waals surface area contributed by atoms with Gasteiger partial charge in [0, 0.05) is 7.11 Å². The van der Waals surface area contributed by atoms with E-state index >= 15 is 0 Å². The normalized spacial score (nSPS) is 36.8. The molecular formula is C14H28O2. The molecule has 0 heterocycles. The van der Waals surface area contributed by atoms with Crippen molar-refractivity contribution < 1.29 is 9.84 Å². The third-order valence-electron chi connectivity index (χ3n) is 4.46. The van der Waals surface area contributed by atoms with E-state index in [9.17, 15) is 5.11 Å². The van der Waals surface area contributed by atoms with Crippen LogP contribution in [0.2, 0.25) is 0 Å². The minimum Gasteiger partial charge on any atom is -0.390 e. The minimum absolute atomic E-state index is 0.326. The first kappa shape index (κ1) is 14.0. The highest BCUT2D eigenvalue weighted by Crippen LogP contribution is 2.38. The summed E-state index contributed by atoms with van der Waals surface area (Å²) in [5, 5.41) is 10.5. The van der Waals surface area contributed by atoms with Gasteiger partial charge < -0.3 is 9.84 Å². The molecule has 0 spiro atoms. The third kappa shape index (κ3) is 2.98. The second-order valence-corrected chi connectivity index (χ2v) is 5.99. The average molecular weight is 228 g/mol. The zero-order valence-electron chi connectivity index (χ0n) is 11.5. The first-order chi connectivity index (χ1) is 7.42. The summed E-state index contributed by atoms with van der Waals surface area (Å²) in [6.45, 7) is 8.71. The lowest BCUT2D eigenvalue weighted by Gasteiger charge is -2.41. The lowest BCUT2D eigenvalue weighted by atomic mass is 9.71. The van der Waals surface area contributed by atoms with Crippen LogP contribution < -0.4 is 0 Å². The molecule has 2 nitrogen and oxygen atoms in total. The molecule has 4 unspecified atom stereocenters. The van der Waals surface area contributed by atoms with Gasteiger partial charge in [-0.15, -0.1) is 0 Å². The van der Waals surface area contributed by atoms with Crippen molar-refractivity contribution in [3.05, 3.63) is 0 Å². The standard InChI is InChI=1S/C14H28O2/c1-6-14(4,16-5)13(15)12-8-10(2)7-11(3)9-12/h10-13,15H,6-9H2,1-5H3. The van der Waals surface area contributed by atoms with E-state index in [0.29, 0.717) is 5.92 Å². The van der Waals surface area contributed by atoms with E-state index in [-0.39, 0.29) is 11.7 Å². The SMILES string of the molecule is CCC(C)(OC)C(O)C1CC(C)CC(C)C1. The number of aliphatic hydroxyl groups excluding tert-OH is 1. The summed E-state index contributed by atoms with van der Waals surface area (Å²) in [6.07, 6.45) is 4.13. The van der Waals surface area contributed by atoms with Crippen molar-refractivity contribution >= 4 is 0 Å². The molecule has 0 aromatic rings. The Bertz CT molecular complexity index is 201. The lowest BCUT2D eigenvalue weighted by Crippen LogP contribution is -2.47. The summed E-state index contributed by atoms with van der Waals surface area (Å²) in [5.74, 6) is 1.88. The van der Waals surface area contributed by atoms with E-state index in [1.165, 1.54) is 6.42 Å². The highest BCUT2D eigenvalue weighted by atomic mass is 16.5. The van der Waals surface area contributed by atoms with Crippen molar-refractivity contribution in [1.29, 1.82) is 0 Å². The topological polar surface area (TPSA) is 29.5 Å². The van der Waals surface area contributed by atoms with Crippen molar-refractivity contribution in [3.8, 4) is 0 Å². The zero-order valence-corrected chi connectivity index (χ0v) is 11.5. The van der Waals surface area contributed by atoms with Crippen molar-refractivity contribution in [2.45, 2.75) is 65.1 Å². The average Bonchev–Trinajstić information content (AvgIpc) is 2.25. The van der Waals surface area contributed by atoms with E-state index in [2.05, 4.69) is 20.8 Å². The van der Waals surface area contributed by atoms with Crippen molar-refractivity contribution in [3.63, 3.8) is 0 Å². The van der Waals surface area contributed by atoms with Gasteiger partial charge in [-0.25, -0.2) is 0 Å². The molecule has 1 aliphatic carbocycles. The van der Waals surface area contributed by atoms with E-state index in [0.717, 1.165) is 31.1 Å². The Balaban J connectivity index is 2.68. The van der Waals surface area contributed by atoms with Gasteiger partial charge in [-0.1, -0.05) is 20.8 Å². The van der Waals surface area contributed by atoms with Gasteiger partial charge >= 0.3 is 0 Å². The predicted octanol–water partition coefficient (Wildman–Crippen LogP) is 3.23. The first-order valence-corrected chi connectivity index (χ1v) is 6.66. The van der Waals surface area contributed by atoms with Gasteiger partial charge in [-0.05, 0) is 50.4 Å². The summed E-state index contributed by atoms with van der Waals surface area (Å²) in [5.41, 5.74) is -0.374. The monoisotopic (exact) mass is 228 g/mol. The van der Waals surface area contributed by atoms with E-state index in [1.807, 2.05) is 6.92 Å². The van der Waals surface area contributed by atoms with Crippen molar-refractivity contribution in [1.82, 2.24) is 0 Å². The number of rotatable bonds is 4. The van der Waals surface area contributed by atoms with Crippen LogP contribution in [-0.2, 0) is 4.74 Å². The molecule has 0 aliphatic heterocycles. The van der Waals surface area contributed by atoms with Crippen LogP contribution in [0, 0.1) is 17.8 Å². The van der Waals surface area contributed by atoms with Crippen LogP contribution in [0.25, 0.3) is 0 Å². The number of aliphatic hydroxyl groups is 1. The molecule has 96 valence electrons. The van der Waals surface area contributed by atoms with E-state index in [4.69, 9.17) is 4.74 Å². The Morgan fingerprint density at radius 2 is 1.75 bits per heavy atom. The summed E-state index contributed by atoms with van der Waals surface area (Å²) < 4.78 is 5.52. The Kier molecular flexibility index (Phi) is 4.81. The quantitative estimate of drug-likeness (QED) is 0.800. The van der Waals surface area contributed by atoms with E-state index < -0.39 is 0 Å². The van der Waals surface area contributed by atoms with Gasteiger partial charge in [-0.2, -0.15) is 0 Å². The molecule has 16 heavy (non-hydrogen) atoms. The van der Waals surface area contributed by atoms with Crippen LogP contribution in [0.15, 0.2) is 0 Å². The molecule has 1 rings (SSSR count). The molecular weight excluding hydrogens is 200 g/mol. The Morgan fingerprint density at radius 3 is 2.12 bits per heavy atom. The summed E-state index contributed by atoms with van der Waals surface area (Å²) in [4.78, 5) is 0. The molecule has 4 atom stereocenters. The van der Waals surface area contributed by atoms with Gasteiger partial charge in [-0.3, -0.25) is 0 Å². The van der Waals surface area contributed by atoms with E-state index in [1.54, 1.807) is 7.11 Å². The highest BCUT2D eigenvalue weighted by Gasteiger charge is 2.39. The number of ether oxygens (including phenoxy) is 1. The Labute approximate surface area is 100 Å². The fourth-order valence-electron chi connectivity index (χ4n) is 3.24. The van der Waals surface area contributed by atoms with Crippen LogP contribution >= 0.6 is 0 Å². The van der Waals surface area contributed by atoms with Crippen LogP contribution in [0.4, 0.5) is 0 Å². The minimum atomic E-state index is -0.374. The van der Waals surface area contributed by atoms with Gasteiger partial charge in [0.15, 0.2) is 0 Å². The molecule has 1 aliphatic rings. The maximum atomic E-state index is 10.5. The second-order valence-electron chi connectivity index (χ2n) is 5.99. The van der Waals surface area contributed by atoms with Crippen molar-refractivity contribution in [2.24, 2.45) is 17.8 Å². The number of hydrogen-bond acceptors (Lipinski definition) is 2. The van der Waals surface area contributed by atoms with Gasteiger partial charge in [0.1, 0.15) is 0 Å². The largest absolute Gasteiger partial charge is 0.390 e. The predicted molar refractivity (Wildman–Crippen MR) is 67.4 cm³/mol. The summed E-state index contributed by atoms with van der Waals surface area (Å²) >= 11 is 0. The Hall–Kier alpha value is -0.0800. The highest BCUT2D eigenvalue weighted by molar-refractivity contribution is 4.90. The van der Waals surface area contributed by atoms with Crippen LogP contribution in [0.5, 0.6) is 0 Å². The van der Waals surface area contributed by atoms with Crippen molar-refractivity contribution in [2.75, 3.05) is 7.11 Å². The fraction of sp³-hybridized carbons (Fsp3) is 1.00. The summed E-state index contributed by atoms with van der Waals surface area (Å²) in [6, 6.07) is 0. The second kappa shape index (κ2) is 5.50. The first-order valence-electron chi connectivity index (χ1n) is 6.66. The smallest absolute Gasteiger partial charge is 0.0908 e. The van der Waals surface area contributed by atoms with Gasteiger partial charge in [0.25, 0.3) is 0 Å². The van der Waals surface area contributed by atoms with Crippen LogP contribution in [0.1, 0.15) is 53.4 Å². The number of hydrogen-bond donors (Lipinski definition) is 1. The molecule has 2 heteroatoms. The molecule has 0 aromatic carbocycles. The van der Waals surface area contributed by atoms with Gasteiger partial charge in [0.05, 0.1) is 11.7 Å². The molecule has 0 aromatic heterocycles. The molecule has 1 N–H and O–H groups in total. The van der Waals surface area contributed by atoms with Gasteiger partial charge in [0.2, 0.25) is 0 Å². The Morgan fingerprint density at radius 1 is 1.25 bits per heavy atom. The van der Waals surface area contributed by atoms with Crippen LogP contribution in [0.3, 0.4) is 0 Å². The third-order valence-corrected chi connectivity index (χ3v) is 4.46. The maximum Gasteiger partial charge on any atom is 0.0908 e. The number of methoxy groups -OCH3 is 1. The fourth-order valence-corrected chi connectivity index (χ4v) is 3.24. The lowest BCUT2D eigenvalue weighted by molar-refractivity contribution is -0.125. The molecule has 1 fully saturated rings. The molecule has 1 saturated carbocycles. The summed E-state index contributed by atoms with van der Waals surface area (Å²) in [7, 11) is 1.71. The molecule has 0 radical (unpaired) electrons.